The van der Waals surface area contributed by atoms with Gasteiger partial charge in [0.15, 0.2) is 5.96 Å². The SMILES string of the molecule is CC1CC(NC(=NCC(=O)N(C)C)NCCN2CCOCC2)CCN1Cc1ccccc1.I. The summed E-state index contributed by atoms with van der Waals surface area (Å²) >= 11 is 0. The minimum Gasteiger partial charge on any atom is -0.379 e. The molecule has 0 spiro atoms. The molecule has 0 bridgehead atoms. The molecule has 3 rings (SSSR count). The first kappa shape index (κ1) is 27.8. The summed E-state index contributed by atoms with van der Waals surface area (Å²) in [6, 6.07) is 11.5. The van der Waals surface area contributed by atoms with Gasteiger partial charge >= 0.3 is 0 Å². The van der Waals surface area contributed by atoms with E-state index < -0.39 is 0 Å². The van der Waals surface area contributed by atoms with Crippen LogP contribution in [0.5, 0.6) is 0 Å². The van der Waals surface area contributed by atoms with Gasteiger partial charge in [0.1, 0.15) is 6.54 Å². The predicted octanol–water partition coefficient (Wildman–Crippen LogP) is 1.61. The largest absolute Gasteiger partial charge is 0.379 e. The summed E-state index contributed by atoms with van der Waals surface area (Å²) in [5.74, 6) is 0.743. The third kappa shape index (κ3) is 9.76. The van der Waals surface area contributed by atoms with Gasteiger partial charge in [0, 0.05) is 65.4 Å². The molecule has 2 fully saturated rings. The summed E-state index contributed by atoms with van der Waals surface area (Å²) in [6.45, 7) is 9.78. The number of hydrogen-bond acceptors (Lipinski definition) is 5. The maximum atomic E-state index is 12.1. The molecule has 0 radical (unpaired) electrons. The number of guanidine groups is 1. The fraction of sp³-hybridized carbons (Fsp3) is 0.667. The Kier molecular flexibility index (Phi) is 12.4. The molecule has 0 aliphatic carbocycles. The van der Waals surface area contributed by atoms with E-state index in [9.17, 15) is 4.79 Å². The average Bonchev–Trinajstić information content (AvgIpc) is 2.80. The third-order valence-corrected chi connectivity index (χ3v) is 6.28. The van der Waals surface area contributed by atoms with Crippen LogP contribution in [0.15, 0.2) is 35.3 Å². The van der Waals surface area contributed by atoms with E-state index in [2.05, 4.69) is 62.7 Å². The van der Waals surface area contributed by atoms with E-state index in [4.69, 9.17) is 4.74 Å². The summed E-state index contributed by atoms with van der Waals surface area (Å²) in [7, 11) is 3.53. The highest BCUT2D eigenvalue weighted by Gasteiger charge is 2.26. The Morgan fingerprint density at radius 3 is 2.58 bits per heavy atom. The maximum Gasteiger partial charge on any atom is 0.243 e. The number of hydrogen-bond donors (Lipinski definition) is 2. The molecule has 9 heteroatoms. The first-order chi connectivity index (χ1) is 15.5. The summed E-state index contributed by atoms with van der Waals surface area (Å²) < 4.78 is 5.43. The molecule has 2 saturated heterocycles. The van der Waals surface area contributed by atoms with Crippen LogP contribution in [0, 0.1) is 0 Å². The molecule has 0 aromatic heterocycles. The van der Waals surface area contributed by atoms with Crippen molar-refractivity contribution in [1.82, 2.24) is 25.3 Å². The second-order valence-electron chi connectivity index (χ2n) is 9.00. The van der Waals surface area contributed by atoms with Crippen LogP contribution in [0.25, 0.3) is 0 Å². The highest BCUT2D eigenvalue weighted by Crippen LogP contribution is 2.19. The molecule has 186 valence electrons. The fourth-order valence-electron chi connectivity index (χ4n) is 4.20. The number of halogens is 1. The second-order valence-corrected chi connectivity index (χ2v) is 9.00. The Labute approximate surface area is 216 Å². The number of nitrogens with one attached hydrogen (secondary N) is 2. The maximum absolute atomic E-state index is 12.1. The topological polar surface area (TPSA) is 72.4 Å². The Balaban J connectivity index is 0.00000385. The van der Waals surface area contributed by atoms with Gasteiger partial charge in [-0.2, -0.15) is 0 Å². The Morgan fingerprint density at radius 1 is 1.18 bits per heavy atom. The van der Waals surface area contributed by atoms with Crippen LogP contribution < -0.4 is 10.6 Å². The number of ether oxygens (including phenoxy) is 1. The van der Waals surface area contributed by atoms with E-state index in [1.165, 1.54) is 5.56 Å². The Morgan fingerprint density at radius 2 is 1.91 bits per heavy atom. The van der Waals surface area contributed by atoms with Crippen LogP contribution >= 0.6 is 24.0 Å². The van der Waals surface area contributed by atoms with Gasteiger partial charge in [-0.15, -0.1) is 24.0 Å². The number of nitrogens with zero attached hydrogens (tertiary/aromatic N) is 4. The van der Waals surface area contributed by atoms with Crippen LogP contribution in [0.1, 0.15) is 25.3 Å². The second kappa shape index (κ2) is 14.7. The first-order valence-electron chi connectivity index (χ1n) is 11.8. The van der Waals surface area contributed by atoms with Gasteiger partial charge in [-0.1, -0.05) is 30.3 Å². The number of carbonyl (C=O) groups excluding carboxylic acids is 1. The predicted molar refractivity (Wildman–Crippen MR) is 144 cm³/mol. The van der Waals surface area contributed by atoms with E-state index in [0.29, 0.717) is 12.1 Å². The standard InChI is InChI=1S/C24H40N6O2.HI/c1-20-17-22(9-11-30(20)19-21-7-5-4-6-8-21)27-24(26-18-23(31)28(2)3)25-10-12-29-13-15-32-16-14-29;/h4-8,20,22H,9-19H2,1-3H3,(H2,25,26,27);1H. The molecule has 33 heavy (non-hydrogen) atoms. The number of likely N-dealkylation sites (N-methyl/N-ethyl adjacent to an activating group) is 1. The molecule has 2 unspecified atom stereocenters. The number of morpholine rings is 1. The van der Waals surface area contributed by atoms with Gasteiger partial charge in [0.05, 0.1) is 13.2 Å². The Hall–Kier alpha value is -1.43. The molecule has 1 amide bonds. The van der Waals surface area contributed by atoms with Gasteiger partial charge in [0.2, 0.25) is 5.91 Å². The molecule has 2 heterocycles. The number of likely N-dealkylation sites (tertiary alicyclic amines) is 1. The molecule has 2 atom stereocenters. The monoisotopic (exact) mass is 572 g/mol. The van der Waals surface area contributed by atoms with Crippen molar-refractivity contribution in [3.05, 3.63) is 35.9 Å². The van der Waals surface area contributed by atoms with Crippen LogP contribution in [-0.2, 0) is 16.1 Å². The van der Waals surface area contributed by atoms with Crippen molar-refractivity contribution in [2.24, 2.45) is 4.99 Å². The lowest BCUT2D eigenvalue weighted by atomic mass is 9.97. The lowest BCUT2D eigenvalue weighted by Crippen LogP contribution is -2.52. The Bertz CT molecular complexity index is 727. The number of aliphatic imine (C=N–C) groups is 1. The van der Waals surface area contributed by atoms with E-state index in [1.54, 1.807) is 19.0 Å². The van der Waals surface area contributed by atoms with Crippen LogP contribution in [-0.4, -0.2) is 105 Å². The molecule has 1 aromatic carbocycles. The number of amides is 1. The molecule has 2 N–H and O–H groups in total. The first-order valence-corrected chi connectivity index (χ1v) is 11.8. The summed E-state index contributed by atoms with van der Waals surface area (Å²) in [5, 5.41) is 7.05. The van der Waals surface area contributed by atoms with E-state index >= 15 is 0 Å². The number of carbonyl (C=O) groups is 1. The van der Waals surface area contributed by atoms with Gasteiger partial charge in [-0.25, -0.2) is 4.99 Å². The van der Waals surface area contributed by atoms with E-state index in [-0.39, 0.29) is 36.4 Å². The molecule has 8 nitrogen and oxygen atoms in total. The van der Waals surface area contributed by atoms with Crippen molar-refractivity contribution in [3.63, 3.8) is 0 Å². The van der Waals surface area contributed by atoms with Gasteiger partial charge in [-0.3, -0.25) is 14.6 Å². The van der Waals surface area contributed by atoms with Crippen molar-refractivity contribution in [1.29, 1.82) is 0 Å². The molecular formula is C24H41IN6O2. The highest BCUT2D eigenvalue weighted by atomic mass is 127. The third-order valence-electron chi connectivity index (χ3n) is 6.28. The van der Waals surface area contributed by atoms with Crippen molar-refractivity contribution in [2.45, 2.75) is 38.4 Å². The molecule has 2 aliphatic rings. The van der Waals surface area contributed by atoms with Crippen molar-refractivity contribution < 1.29 is 9.53 Å². The van der Waals surface area contributed by atoms with Crippen LogP contribution in [0.3, 0.4) is 0 Å². The molecule has 2 aliphatic heterocycles. The van der Waals surface area contributed by atoms with Gasteiger partial charge in [-0.05, 0) is 25.3 Å². The van der Waals surface area contributed by atoms with Crippen LogP contribution in [0.2, 0.25) is 0 Å². The minimum atomic E-state index is 0. The number of piperidine rings is 1. The number of rotatable bonds is 8. The number of benzene rings is 1. The highest BCUT2D eigenvalue weighted by molar-refractivity contribution is 14.0. The zero-order valence-electron chi connectivity index (χ0n) is 20.3. The van der Waals surface area contributed by atoms with Crippen molar-refractivity contribution >= 4 is 35.8 Å². The summed E-state index contributed by atoms with van der Waals surface area (Å²) in [4.78, 5) is 23.2. The zero-order chi connectivity index (χ0) is 22.8. The normalized spacial score (nSPS) is 22.3. The van der Waals surface area contributed by atoms with E-state index in [0.717, 1.165) is 71.3 Å². The fourth-order valence-corrected chi connectivity index (χ4v) is 4.20. The average molecular weight is 573 g/mol. The molecular weight excluding hydrogens is 531 g/mol. The lowest BCUT2D eigenvalue weighted by molar-refractivity contribution is -0.127. The van der Waals surface area contributed by atoms with Crippen molar-refractivity contribution in [3.8, 4) is 0 Å². The quantitative estimate of drug-likeness (QED) is 0.281. The van der Waals surface area contributed by atoms with Gasteiger partial charge in [0.25, 0.3) is 0 Å². The van der Waals surface area contributed by atoms with Gasteiger partial charge < -0.3 is 20.3 Å². The minimum absolute atomic E-state index is 0. The molecule has 0 saturated carbocycles. The smallest absolute Gasteiger partial charge is 0.243 e. The van der Waals surface area contributed by atoms with E-state index in [1.807, 2.05) is 0 Å². The van der Waals surface area contributed by atoms with Crippen molar-refractivity contribution in [2.75, 3.05) is 66.6 Å². The zero-order valence-corrected chi connectivity index (χ0v) is 22.7. The lowest BCUT2D eigenvalue weighted by Gasteiger charge is -2.38. The summed E-state index contributed by atoms with van der Waals surface area (Å²) in [5.41, 5.74) is 1.36. The van der Waals surface area contributed by atoms with Crippen LogP contribution in [0.4, 0.5) is 0 Å². The molecule has 1 aromatic rings. The summed E-state index contributed by atoms with van der Waals surface area (Å²) in [6.07, 6.45) is 2.11.